The second kappa shape index (κ2) is 6.87. The normalized spacial score (nSPS) is 15.6. The highest BCUT2D eigenvalue weighted by Gasteiger charge is 2.17. The highest BCUT2D eigenvalue weighted by molar-refractivity contribution is 5.61. The third-order valence-electron chi connectivity index (χ3n) is 4.76. The molecule has 4 heterocycles. The Morgan fingerprint density at radius 3 is 2.75 bits per heavy atom. The monoisotopic (exact) mass is 380 g/mol. The molecule has 10 heteroatoms. The lowest BCUT2D eigenvalue weighted by Gasteiger charge is -2.27. The molecule has 5 rings (SSSR count). The van der Waals surface area contributed by atoms with Gasteiger partial charge in [-0.15, -0.1) is 5.10 Å². The summed E-state index contributed by atoms with van der Waals surface area (Å²) >= 11 is 0. The zero-order valence-electron chi connectivity index (χ0n) is 15.2. The number of rotatable bonds is 4. The zero-order chi connectivity index (χ0) is 18.9. The lowest BCUT2D eigenvalue weighted by atomic mass is 10.1. The number of nitrogens with one attached hydrogen (secondary N) is 1. The predicted molar refractivity (Wildman–Crippen MR) is 103 cm³/mol. The molecule has 0 atom stereocenters. The highest BCUT2D eigenvalue weighted by Crippen LogP contribution is 2.34. The van der Waals surface area contributed by atoms with Gasteiger partial charge in [-0.25, -0.2) is 4.98 Å². The van der Waals surface area contributed by atoms with E-state index in [1.807, 2.05) is 24.3 Å². The van der Waals surface area contributed by atoms with E-state index < -0.39 is 0 Å². The van der Waals surface area contributed by atoms with Crippen molar-refractivity contribution in [3.8, 4) is 17.4 Å². The van der Waals surface area contributed by atoms with Gasteiger partial charge in [0.1, 0.15) is 5.82 Å². The minimum Gasteiger partial charge on any atom is -0.454 e. The van der Waals surface area contributed by atoms with Crippen molar-refractivity contribution in [2.24, 2.45) is 0 Å². The summed E-state index contributed by atoms with van der Waals surface area (Å²) in [5.74, 6) is 3.22. The van der Waals surface area contributed by atoms with Gasteiger partial charge in [0, 0.05) is 31.0 Å². The molecule has 0 radical (unpaired) electrons. The Hall–Kier alpha value is -3.56. The maximum absolute atomic E-state index is 6.06. The molecular weight excluding hydrogens is 360 g/mol. The summed E-state index contributed by atoms with van der Waals surface area (Å²) in [5.41, 5.74) is 6.82. The maximum atomic E-state index is 6.06. The Morgan fingerprint density at radius 1 is 1.00 bits per heavy atom. The molecule has 1 aromatic carbocycles. The molecule has 2 aromatic heterocycles. The molecule has 0 aliphatic carbocycles. The molecule has 1 fully saturated rings. The van der Waals surface area contributed by atoms with E-state index >= 15 is 0 Å². The van der Waals surface area contributed by atoms with Crippen LogP contribution in [0.1, 0.15) is 19.3 Å². The summed E-state index contributed by atoms with van der Waals surface area (Å²) < 4.78 is 12.1. The van der Waals surface area contributed by atoms with Gasteiger partial charge in [0.05, 0.1) is 0 Å². The Balaban J connectivity index is 1.39. The molecule has 10 nitrogen and oxygen atoms in total. The van der Waals surface area contributed by atoms with E-state index in [9.17, 15) is 0 Å². The van der Waals surface area contributed by atoms with Gasteiger partial charge in [-0.05, 0) is 37.5 Å². The van der Waals surface area contributed by atoms with Gasteiger partial charge in [-0.1, -0.05) is 0 Å². The molecule has 0 unspecified atom stereocenters. The fourth-order valence-electron chi connectivity index (χ4n) is 3.37. The van der Waals surface area contributed by atoms with Crippen molar-refractivity contribution in [1.29, 1.82) is 0 Å². The summed E-state index contributed by atoms with van der Waals surface area (Å²) in [6, 6.07) is 7.43. The highest BCUT2D eigenvalue weighted by atomic mass is 16.7. The van der Waals surface area contributed by atoms with Gasteiger partial charge >= 0.3 is 0 Å². The van der Waals surface area contributed by atoms with Crippen molar-refractivity contribution in [2.75, 3.05) is 35.8 Å². The molecule has 3 aromatic rings. The van der Waals surface area contributed by atoms with Gasteiger partial charge in [0.25, 0.3) is 5.95 Å². The Bertz CT molecular complexity index is 999. The summed E-state index contributed by atoms with van der Waals surface area (Å²) in [6.45, 7) is 2.23. The predicted octanol–water partition coefficient (Wildman–Crippen LogP) is 2.10. The lowest BCUT2D eigenvalue weighted by Crippen LogP contribution is -2.30. The van der Waals surface area contributed by atoms with Gasteiger partial charge in [-0.2, -0.15) is 14.6 Å². The minimum atomic E-state index is 0.207. The number of anilines is 4. The molecule has 0 saturated carbocycles. The topological polar surface area (TPSA) is 116 Å². The van der Waals surface area contributed by atoms with Crippen LogP contribution in [-0.2, 0) is 0 Å². The summed E-state index contributed by atoms with van der Waals surface area (Å²) in [7, 11) is 0. The number of ether oxygens (including phenoxy) is 2. The van der Waals surface area contributed by atoms with Gasteiger partial charge in [0.2, 0.25) is 18.7 Å². The van der Waals surface area contributed by atoms with Crippen LogP contribution in [0.15, 0.2) is 30.5 Å². The number of fused-ring (bicyclic) bond motifs is 1. The largest absolute Gasteiger partial charge is 0.454 e. The summed E-state index contributed by atoms with van der Waals surface area (Å²) in [5, 5.41) is 7.53. The van der Waals surface area contributed by atoms with Crippen LogP contribution in [0, 0.1) is 0 Å². The van der Waals surface area contributed by atoms with Gasteiger partial charge < -0.3 is 25.4 Å². The second-order valence-electron chi connectivity index (χ2n) is 6.66. The Kier molecular flexibility index (Phi) is 4.08. The number of hydrogen-bond donors (Lipinski definition) is 2. The van der Waals surface area contributed by atoms with E-state index in [1.165, 1.54) is 23.9 Å². The van der Waals surface area contributed by atoms with Crippen molar-refractivity contribution in [1.82, 2.24) is 24.7 Å². The number of aromatic nitrogens is 5. The molecule has 0 amide bonds. The van der Waals surface area contributed by atoms with Crippen LogP contribution in [0.2, 0.25) is 0 Å². The number of benzene rings is 1. The molecule has 3 N–H and O–H groups in total. The first kappa shape index (κ1) is 16.6. The molecule has 144 valence electrons. The fraction of sp³-hybridized carbons (Fsp3) is 0.333. The number of nitrogens with two attached hydrogens (primary N) is 1. The van der Waals surface area contributed by atoms with Crippen LogP contribution in [0.25, 0.3) is 5.95 Å². The maximum Gasteiger partial charge on any atom is 0.255 e. The van der Waals surface area contributed by atoms with Crippen LogP contribution >= 0.6 is 0 Å². The smallest absolute Gasteiger partial charge is 0.255 e. The zero-order valence-corrected chi connectivity index (χ0v) is 15.2. The van der Waals surface area contributed by atoms with Crippen molar-refractivity contribution in [2.45, 2.75) is 19.3 Å². The Morgan fingerprint density at radius 2 is 1.86 bits per heavy atom. The third-order valence-corrected chi connectivity index (χ3v) is 4.76. The first-order valence-electron chi connectivity index (χ1n) is 9.24. The van der Waals surface area contributed by atoms with Crippen molar-refractivity contribution >= 4 is 23.4 Å². The van der Waals surface area contributed by atoms with E-state index in [2.05, 4.69) is 30.3 Å². The minimum absolute atomic E-state index is 0.207. The molecule has 0 bridgehead atoms. The number of hydrogen-bond acceptors (Lipinski definition) is 9. The number of nitrogen functional groups attached to an aromatic ring is 1. The van der Waals surface area contributed by atoms with E-state index in [0.717, 1.165) is 24.6 Å². The molecule has 0 spiro atoms. The summed E-state index contributed by atoms with van der Waals surface area (Å²) in [6.07, 6.45) is 5.33. The molecule has 28 heavy (non-hydrogen) atoms. The second-order valence-corrected chi connectivity index (χ2v) is 6.66. The quantitative estimate of drug-likeness (QED) is 0.702. The first-order chi connectivity index (χ1) is 13.8. The fourth-order valence-corrected chi connectivity index (χ4v) is 3.37. The van der Waals surface area contributed by atoms with Crippen LogP contribution in [0.3, 0.4) is 0 Å². The van der Waals surface area contributed by atoms with Crippen LogP contribution in [0.5, 0.6) is 11.5 Å². The van der Waals surface area contributed by atoms with E-state index in [4.69, 9.17) is 15.2 Å². The number of piperidine rings is 1. The molecule has 1 saturated heterocycles. The van der Waals surface area contributed by atoms with E-state index in [1.54, 1.807) is 6.20 Å². The average Bonchev–Trinajstić information content (AvgIpc) is 3.34. The van der Waals surface area contributed by atoms with E-state index in [-0.39, 0.29) is 12.7 Å². The van der Waals surface area contributed by atoms with Crippen molar-refractivity contribution < 1.29 is 9.47 Å². The first-order valence-corrected chi connectivity index (χ1v) is 9.24. The van der Waals surface area contributed by atoms with Crippen LogP contribution < -0.4 is 25.4 Å². The number of nitrogens with zero attached hydrogens (tertiary/aromatic N) is 6. The van der Waals surface area contributed by atoms with E-state index in [0.29, 0.717) is 23.4 Å². The average molecular weight is 380 g/mol. The van der Waals surface area contributed by atoms with Crippen LogP contribution in [-0.4, -0.2) is 44.6 Å². The molecule has 2 aliphatic heterocycles. The van der Waals surface area contributed by atoms with Gasteiger partial charge in [0.15, 0.2) is 11.5 Å². The Labute approximate surface area is 161 Å². The lowest BCUT2D eigenvalue weighted by molar-refractivity contribution is 0.174. The van der Waals surface area contributed by atoms with Crippen LogP contribution in [0.4, 0.5) is 23.4 Å². The van der Waals surface area contributed by atoms with Crippen molar-refractivity contribution in [3.05, 3.63) is 30.5 Å². The SMILES string of the molecule is Nc1nc(Nc2ccc3c(c2)OCO3)nn1-c1nccc(N2CCCCC2)n1. The van der Waals surface area contributed by atoms with Crippen molar-refractivity contribution in [3.63, 3.8) is 0 Å². The van der Waals surface area contributed by atoms with Gasteiger partial charge in [-0.3, -0.25) is 0 Å². The molecule has 2 aliphatic rings. The molecular formula is C18H20N8O2. The third kappa shape index (κ3) is 3.13. The standard InChI is InChI=1S/C18H20N8O2/c19-16-23-17(21-12-4-5-13-14(10-12)28-11-27-13)24-26(16)18-20-7-6-15(22-18)25-8-2-1-3-9-25/h4-7,10H,1-3,8-9,11H2,(H3,19,21,23,24). The summed E-state index contributed by atoms with van der Waals surface area (Å²) in [4.78, 5) is 15.5.